The average molecular weight is 392 g/mol. The van der Waals surface area contributed by atoms with E-state index in [9.17, 15) is 4.79 Å². The first-order valence-electron chi connectivity index (χ1n) is 10.2. The molecule has 0 unspecified atom stereocenters. The molecule has 1 amide bonds. The number of nitrogens with one attached hydrogen (secondary N) is 1. The lowest BCUT2D eigenvalue weighted by Crippen LogP contribution is -2.37. The predicted molar refractivity (Wildman–Crippen MR) is 120 cm³/mol. The summed E-state index contributed by atoms with van der Waals surface area (Å²) >= 11 is 0. The fraction of sp³-hybridized carbons (Fsp3) is 0.348. The smallest absolute Gasteiger partial charge is 0.224 e. The molecule has 0 aromatic heterocycles. The van der Waals surface area contributed by atoms with Crippen molar-refractivity contribution in [1.29, 1.82) is 0 Å². The van der Waals surface area contributed by atoms with Gasteiger partial charge in [0.05, 0.1) is 17.6 Å². The van der Waals surface area contributed by atoms with E-state index in [1.165, 1.54) is 5.56 Å². The average Bonchev–Trinajstić information content (AvgIpc) is 2.78. The minimum Gasteiger partial charge on any atom is -0.326 e. The lowest BCUT2D eigenvalue weighted by Gasteiger charge is -2.32. The Balaban J connectivity index is 1.53. The first kappa shape index (κ1) is 20.7. The fourth-order valence-electron chi connectivity index (χ4n) is 3.55. The van der Waals surface area contributed by atoms with Crippen LogP contribution in [0.15, 0.2) is 64.7 Å². The van der Waals surface area contributed by atoms with Crippen molar-refractivity contribution in [1.82, 2.24) is 4.90 Å². The van der Waals surface area contributed by atoms with E-state index in [0.29, 0.717) is 18.9 Å². The molecule has 2 aromatic rings. The molecule has 2 aromatic carbocycles. The maximum absolute atomic E-state index is 11.6. The van der Waals surface area contributed by atoms with Crippen LogP contribution in [0.5, 0.6) is 0 Å². The molecular formula is C23H29N5O. The number of hydrogen-bond donors (Lipinski definition) is 2. The Hall–Kier alpha value is -2.99. The Morgan fingerprint density at radius 2 is 1.93 bits per heavy atom. The molecule has 1 fully saturated rings. The molecule has 29 heavy (non-hydrogen) atoms. The van der Waals surface area contributed by atoms with Crippen LogP contribution in [-0.2, 0) is 4.79 Å². The molecule has 0 bridgehead atoms. The molecule has 0 aliphatic carbocycles. The van der Waals surface area contributed by atoms with E-state index in [4.69, 9.17) is 5.84 Å². The first-order chi connectivity index (χ1) is 14.2. The third-order valence-electron chi connectivity index (χ3n) is 5.22. The van der Waals surface area contributed by atoms with Crippen LogP contribution >= 0.6 is 0 Å². The lowest BCUT2D eigenvalue weighted by atomic mass is 9.89. The lowest BCUT2D eigenvalue weighted by molar-refractivity contribution is -0.115. The summed E-state index contributed by atoms with van der Waals surface area (Å²) in [4.78, 5) is 18.4. The van der Waals surface area contributed by atoms with Crippen molar-refractivity contribution < 1.29 is 4.79 Å². The van der Waals surface area contributed by atoms with Crippen LogP contribution in [0, 0.1) is 0 Å². The number of anilines is 1. The normalized spacial score (nSPS) is 16.2. The van der Waals surface area contributed by atoms with Gasteiger partial charge in [-0.3, -0.25) is 14.7 Å². The Morgan fingerprint density at radius 3 is 2.62 bits per heavy atom. The molecule has 0 saturated carbocycles. The number of para-hydroxylation sites is 1. The van der Waals surface area contributed by atoms with Gasteiger partial charge in [-0.25, -0.2) is 0 Å². The summed E-state index contributed by atoms with van der Waals surface area (Å²) < 4.78 is 0. The highest BCUT2D eigenvalue weighted by Gasteiger charge is 2.21. The molecule has 1 saturated heterocycles. The van der Waals surface area contributed by atoms with E-state index in [-0.39, 0.29) is 5.91 Å². The van der Waals surface area contributed by atoms with Crippen LogP contribution in [-0.4, -0.2) is 42.4 Å². The third kappa shape index (κ3) is 6.26. The van der Waals surface area contributed by atoms with Crippen molar-refractivity contribution >= 4 is 29.2 Å². The zero-order valence-corrected chi connectivity index (χ0v) is 16.9. The van der Waals surface area contributed by atoms with Crippen LogP contribution in [0.25, 0.3) is 0 Å². The van der Waals surface area contributed by atoms with E-state index in [1.54, 1.807) is 6.21 Å². The number of hydrogen-bond acceptors (Lipinski definition) is 5. The Bertz CT molecular complexity index is 855. The summed E-state index contributed by atoms with van der Waals surface area (Å²) in [5.74, 6) is 6.12. The predicted octanol–water partition coefficient (Wildman–Crippen LogP) is 3.93. The molecule has 0 atom stereocenters. The summed E-state index contributed by atoms with van der Waals surface area (Å²) in [6.45, 7) is 4.52. The van der Waals surface area contributed by atoms with Gasteiger partial charge in [0, 0.05) is 18.7 Å². The highest BCUT2D eigenvalue weighted by molar-refractivity contribution is 6.31. The quantitative estimate of drug-likeness (QED) is 0.426. The van der Waals surface area contributed by atoms with Gasteiger partial charge in [-0.2, -0.15) is 5.10 Å². The number of benzene rings is 2. The van der Waals surface area contributed by atoms with Crippen molar-refractivity contribution in [3.63, 3.8) is 0 Å². The van der Waals surface area contributed by atoms with Gasteiger partial charge in [0.2, 0.25) is 5.91 Å². The second-order valence-corrected chi connectivity index (χ2v) is 7.29. The van der Waals surface area contributed by atoms with Crippen LogP contribution in [0.1, 0.15) is 37.7 Å². The minimum atomic E-state index is 0.0442. The highest BCUT2D eigenvalue weighted by Crippen LogP contribution is 2.29. The van der Waals surface area contributed by atoms with Crippen LogP contribution in [0.3, 0.4) is 0 Å². The van der Waals surface area contributed by atoms with E-state index in [0.717, 1.165) is 43.0 Å². The maximum Gasteiger partial charge on any atom is 0.224 e. The van der Waals surface area contributed by atoms with Gasteiger partial charge in [0.1, 0.15) is 0 Å². The number of rotatable bonds is 7. The van der Waals surface area contributed by atoms with Gasteiger partial charge >= 0.3 is 0 Å². The van der Waals surface area contributed by atoms with Gasteiger partial charge < -0.3 is 11.2 Å². The maximum atomic E-state index is 11.6. The number of carbonyl (C=O) groups excluding carboxylic acids is 1. The highest BCUT2D eigenvalue weighted by atomic mass is 16.1. The summed E-state index contributed by atoms with van der Waals surface area (Å²) in [7, 11) is 0. The van der Waals surface area contributed by atoms with Crippen LogP contribution < -0.4 is 11.2 Å². The second-order valence-electron chi connectivity index (χ2n) is 7.29. The van der Waals surface area contributed by atoms with Crippen molar-refractivity contribution in [3.8, 4) is 0 Å². The minimum absolute atomic E-state index is 0.0442. The van der Waals surface area contributed by atoms with Gasteiger partial charge in [-0.1, -0.05) is 37.3 Å². The first-order valence-corrected chi connectivity index (χ1v) is 10.2. The Kier molecular flexibility index (Phi) is 7.53. The van der Waals surface area contributed by atoms with Gasteiger partial charge in [-0.15, -0.1) is 0 Å². The van der Waals surface area contributed by atoms with E-state index < -0.39 is 0 Å². The summed E-state index contributed by atoms with van der Waals surface area (Å²) in [6.07, 6.45) is 4.38. The Morgan fingerprint density at radius 1 is 1.17 bits per heavy atom. The van der Waals surface area contributed by atoms with Crippen molar-refractivity contribution in [2.24, 2.45) is 15.9 Å². The monoisotopic (exact) mass is 391 g/mol. The van der Waals surface area contributed by atoms with Crippen molar-refractivity contribution in [2.45, 2.75) is 32.1 Å². The van der Waals surface area contributed by atoms with E-state index >= 15 is 0 Å². The molecule has 1 aliphatic rings. The zero-order chi connectivity index (χ0) is 20.5. The molecule has 1 heterocycles. The van der Waals surface area contributed by atoms with Crippen molar-refractivity contribution in [3.05, 3.63) is 60.2 Å². The molecular weight excluding hydrogens is 362 g/mol. The number of aliphatic imine (C=N–C) groups is 1. The Labute approximate surface area is 172 Å². The number of nitrogens with two attached hydrogens (primary N) is 1. The summed E-state index contributed by atoms with van der Waals surface area (Å²) in [5.41, 5.74) is 3.84. The summed E-state index contributed by atoms with van der Waals surface area (Å²) in [5, 5.41) is 6.85. The number of piperidine rings is 1. The van der Waals surface area contributed by atoms with E-state index in [2.05, 4.69) is 32.4 Å². The zero-order valence-electron chi connectivity index (χ0n) is 16.9. The molecule has 3 N–H and O–H groups in total. The van der Waals surface area contributed by atoms with Gasteiger partial charge in [0.25, 0.3) is 0 Å². The number of likely N-dealkylation sites (tertiary alicyclic amines) is 1. The van der Waals surface area contributed by atoms with Gasteiger partial charge in [-0.05, 0) is 61.7 Å². The fourth-order valence-corrected chi connectivity index (χ4v) is 3.55. The van der Waals surface area contributed by atoms with Crippen molar-refractivity contribution in [2.75, 3.05) is 25.0 Å². The molecule has 6 nitrogen and oxygen atoms in total. The SMILES string of the molecule is CCC(=O)Nc1cccc(C2CCN(CC(C=Nc3ccccc3)=NN)CC2)c1. The largest absolute Gasteiger partial charge is 0.326 e. The standard InChI is InChI=1S/C23H29N5O/c1-2-23(29)26-21-10-6-7-19(15-21)18-11-13-28(14-12-18)17-22(27-24)16-25-20-8-4-3-5-9-20/h3-10,15-16,18H,2,11-14,17,24H2,1H3,(H,26,29). The topological polar surface area (TPSA) is 83.1 Å². The molecule has 152 valence electrons. The summed E-state index contributed by atoms with van der Waals surface area (Å²) in [6, 6.07) is 18.0. The molecule has 3 rings (SSSR count). The molecule has 6 heteroatoms. The number of hydrazone groups is 1. The third-order valence-corrected chi connectivity index (χ3v) is 5.22. The second kappa shape index (κ2) is 10.5. The number of carbonyl (C=O) groups is 1. The van der Waals surface area contributed by atoms with Crippen LogP contribution in [0.4, 0.5) is 11.4 Å². The van der Waals surface area contributed by atoms with E-state index in [1.807, 2.05) is 49.4 Å². The molecule has 0 spiro atoms. The molecule has 0 radical (unpaired) electrons. The van der Waals surface area contributed by atoms with Crippen LogP contribution in [0.2, 0.25) is 0 Å². The number of nitrogens with zero attached hydrogens (tertiary/aromatic N) is 3. The number of amides is 1. The van der Waals surface area contributed by atoms with Gasteiger partial charge in [0.15, 0.2) is 0 Å². The molecule has 1 aliphatic heterocycles.